The van der Waals surface area contributed by atoms with Gasteiger partial charge in [-0.05, 0) is 30.4 Å². The third-order valence-corrected chi connectivity index (χ3v) is 4.48. The average Bonchev–Trinajstić information content (AvgIpc) is 2.54. The van der Waals surface area contributed by atoms with Gasteiger partial charge in [-0.1, -0.05) is 13.8 Å². The van der Waals surface area contributed by atoms with E-state index in [1.165, 1.54) is 6.42 Å². The number of morpholine rings is 1. The van der Waals surface area contributed by atoms with Crippen LogP contribution in [0.2, 0.25) is 0 Å². The minimum absolute atomic E-state index is 0.119. The number of likely N-dealkylation sites (tertiary alicyclic amines) is 1. The van der Waals surface area contributed by atoms with Crippen LogP contribution < -0.4 is 4.90 Å². The Balaban J connectivity index is 1.82. The number of aromatic nitrogens is 1. The number of anilines is 1. The highest BCUT2D eigenvalue weighted by molar-refractivity contribution is 5.99. The standard InChI is InChI=1S/C17H25N3O2/c1-13-10-14(2)12-20(11-13)17(21)15-4-3-5-18-16(15)19-6-8-22-9-7-19/h3-5,13-14H,6-12H2,1-2H3. The van der Waals surface area contributed by atoms with E-state index in [0.29, 0.717) is 25.0 Å². The van der Waals surface area contributed by atoms with Crippen molar-refractivity contribution >= 4 is 11.7 Å². The number of carbonyl (C=O) groups is 1. The van der Waals surface area contributed by atoms with Gasteiger partial charge in [0.25, 0.3) is 5.91 Å². The summed E-state index contributed by atoms with van der Waals surface area (Å²) in [6.07, 6.45) is 2.97. The second-order valence-electron chi connectivity index (χ2n) is 6.63. The number of hydrogen-bond donors (Lipinski definition) is 0. The highest BCUT2D eigenvalue weighted by Gasteiger charge is 2.29. The Kier molecular flexibility index (Phi) is 4.62. The van der Waals surface area contributed by atoms with Crippen LogP contribution in [0.4, 0.5) is 5.82 Å². The summed E-state index contributed by atoms with van der Waals surface area (Å²) in [6.45, 7) is 9.13. The van der Waals surface area contributed by atoms with Crippen molar-refractivity contribution in [1.82, 2.24) is 9.88 Å². The predicted molar refractivity (Wildman–Crippen MR) is 86.1 cm³/mol. The van der Waals surface area contributed by atoms with Crippen molar-refractivity contribution in [3.63, 3.8) is 0 Å². The van der Waals surface area contributed by atoms with E-state index in [1.807, 2.05) is 17.0 Å². The lowest BCUT2D eigenvalue weighted by Gasteiger charge is -2.36. The molecule has 2 aliphatic heterocycles. The van der Waals surface area contributed by atoms with E-state index in [9.17, 15) is 4.79 Å². The van der Waals surface area contributed by atoms with E-state index in [-0.39, 0.29) is 5.91 Å². The minimum atomic E-state index is 0.119. The summed E-state index contributed by atoms with van der Waals surface area (Å²) in [7, 11) is 0. The molecule has 0 bridgehead atoms. The van der Waals surface area contributed by atoms with Gasteiger partial charge in [-0.3, -0.25) is 4.79 Å². The molecule has 3 rings (SSSR count). The molecule has 3 heterocycles. The van der Waals surface area contributed by atoms with Gasteiger partial charge in [-0.2, -0.15) is 0 Å². The first-order chi connectivity index (χ1) is 10.6. The first kappa shape index (κ1) is 15.3. The zero-order valence-corrected chi connectivity index (χ0v) is 13.5. The van der Waals surface area contributed by atoms with Crippen molar-refractivity contribution in [2.45, 2.75) is 20.3 Å². The molecule has 0 spiro atoms. The van der Waals surface area contributed by atoms with Crippen LogP contribution in [0.25, 0.3) is 0 Å². The molecule has 0 radical (unpaired) electrons. The van der Waals surface area contributed by atoms with E-state index >= 15 is 0 Å². The number of ether oxygens (including phenoxy) is 1. The van der Waals surface area contributed by atoms with E-state index in [4.69, 9.17) is 4.74 Å². The molecule has 2 fully saturated rings. The van der Waals surface area contributed by atoms with Crippen molar-refractivity contribution in [1.29, 1.82) is 0 Å². The van der Waals surface area contributed by atoms with Gasteiger partial charge in [0.2, 0.25) is 0 Å². The number of pyridine rings is 1. The fourth-order valence-corrected chi connectivity index (χ4v) is 3.59. The Morgan fingerprint density at radius 3 is 2.59 bits per heavy atom. The molecule has 0 aliphatic carbocycles. The first-order valence-electron chi connectivity index (χ1n) is 8.22. The molecule has 2 unspecified atom stereocenters. The topological polar surface area (TPSA) is 45.7 Å². The predicted octanol–water partition coefficient (Wildman–Crippen LogP) is 2.04. The number of rotatable bonds is 2. The molecular weight excluding hydrogens is 278 g/mol. The van der Waals surface area contributed by atoms with Gasteiger partial charge in [0.1, 0.15) is 5.82 Å². The summed E-state index contributed by atoms with van der Waals surface area (Å²) in [5.41, 5.74) is 0.728. The average molecular weight is 303 g/mol. The van der Waals surface area contributed by atoms with Gasteiger partial charge in [0, 0.05) is 32.4 Å². The smallest absolute Gasteiger partial charge is 0.257 e. The Morgan fingerprint density at radius 2 is 1.91 bits per heavy atom. The summed E-state index contributed by atoms with van der Waals surface area (Å²) in [5, 5.41) is 0. The minimum Gasteiger partial charge on any atom is -0.378 e. The maximum atomic E-state index is 13.0. The highest BCUT2D eigenvalue weighted by atomic mass is 16.5. The fourth-order valence-electron chi connectivity index (χ4n) is 3.59. The van der Waals surface area contributed by atoms with Crippen molar-refractivity contribution in [2.24, 2.45) is 11.8 Å². The molecule has 1 amide bonds. The van der Waals surface area contributed by atoms with Crippen LogP contribution in [0.5, 0.6) is 0 Å². The SMILES string of the molecule is CC1CC(C)CN(C(=O)c2cccnc2N2CCOCC2)C1. The van der Waals surface area contributed by atoms with Gasteiger partial charge >= 0.3 is 0 Å². The highest BCUT2D eigenvalue weighted by Crippen LogP contribution is 2.25. The molecule has 0 N–H and O–H groups in total. The number of carbonyl (C=O) groups excluding carboxylic acids is 1. The monoisotopic (exact) mass is 303 g/mol. The second-order valence-corrected chi connectivity index (χ2v) is 6.63. The van der Waals surface area contributed by atoms with Gasteiger partial charge in [0.15, 0.2) is 0 Å². The zero-order chi connectivity index (χ0) is 15.5. The Bertz CT molecular complexity index is 518. The lowest BCUT2D eigenvalue weighted by molar-refractivity contribution is 0.0622. The van der Waals surface area contributed by atoms with E-state index in [1.54, 1.807) is 6.20 Å². The fraction of sp³-hybridized carbons (Fsp3) is 0.647. The lowest BCUT2D eigenvalue weighted by atomic mass is 9.91. The maximum Gasteiger partial charge on any atom is 0.257 e. The van der Waals surface area contributed by atoms with Crippen LogP contribution in [0, 0.1) is 11.8 Å². The van der Waals surface area contributed by atoms with Gasteiger partial charge in [-0.25, -0.2) is 4.98 Å². The Labute approximate surface area is 132 Å². The zero-order valence-electron chi connectivity index (χ0n) is 13.5. The molecule has 2 atom stereocenters. The molecule has 22 heavy (non-hydrogen) atoms. The van der Waals surface area contributed by atoms with Gasteiger partial charge < -0.3 is 14.5 Å². The summed E-state index contributed by atoms with van der Waals surface area (Å²) >= 11 is 0. The van der Waals surface area contributed by atoms with E-state index in [0.717, 1.165) is 37.6 Å². The molecule has 2 aliphatic rings. The normalized spacial score (nSPS) is 26.1. The summed E-state index contributed by atoms with van der Waals surface area (Å²) in [6, 6.07) is 3.76. The van der Waals surface area contributed by atoms with Crippen LogP contribution in [0.1, 0.15) is 30.6 Å². The third-order valence-electron chi connectivity index (χ3n) is 4.48. The van der Waals surface area contributed by atoms with Crippen LogP contribution >= 0.6 is 0 Å². The summed E-state index contributed by atoms with van der Waals surface area (Å²) in [4.78, 5) is 21.6. The van der Waals surface area contributed by atoms with Crippen molar-refractivity contribution < 1.29 is 9.53 Å². The number of piperidine rings is 1. The first-order valence-corrected chi connectivity index (χ1v) is 8.22. The quantitative estimate of drug-likeness (QED) is 0.839. The number of nitrogens with zero attached hydrogens (tertiary/aromatic N) is 3. The second kappa shape index (κ2) is 6.65. The molecule has 5 nitrogen and oxygen atoms in total. The van der Waals surface area contributed by atoms with Crippen LogP contribution in [0.3, 0.4) is 0 Å². The maximum absolute atomic E-state index is 13.0. The Hall–Kier alpha value is -1.62. The van der Waals surface area contributed by atoms with Crippen LogP contribution in [0.15, 0.2) is 18.3 Å². The lowest BCUT2D eigenvalue weighted by Crippen LogP contribution is -2.44. The largest absolute Gasteiger partial charge is 0.378 e. The van der Waals surface area contributed by atoms with Crippen molar-refractivity contribution in [3.8, 4) is 0 Å². The summed E-state index contributed by atoms with van der Waals surface area (Å²) < 4.78 is 5.40. The van der Waals surface area contributed by atoms with Crippen LogP contribution in [-0.4, -0.2) is 55.2 Å². The Morgan fingerprint density at radius 1 is 1.23 bits per heavy atom. The third kappa shape index (κ3) is 3.24. The molecule has 1 aromatic heterocycles. The van der Waals surface area contributed by atoms with E-state index in [2.05, 4.69) is 23.7 Å². The molecule has 1 aromatic rings. The number of amides is 1. The van der Waals surface area contributed by atoms with E-state index < -0.39 is 0 Å². The van der Waals surface area contributed by atoms with Gasteiger partial charge in [-0.15, -0.1) is 0 Å². The molecule has 0 aromatic carbocycles. The van der Waals surface area contributed by atoms with Crippen LogP contribution in [-0.2, 0) is 4.74 Å². The summed E-state index contributed by atoms with van der Waals surface area (Å²) in [5.74, 6) is 2.06. The molecular formula is C17H25N3O2. The van der Waals surface area contributed by atoms with Gasteiger partial charge in [0.05, 0.1) is 18.8 Å². The molecule has 2 saturated heterocycles. The number of hydrogen-bond acceptors (Lipinski definition) is 4. The van der Waals surface area contributed by atoms with Crippen molar-refractivity contribution in [2.75, 3.05) is 44.3 Å². The van der Waals surface area contributed by atoms with Crippen molar-refractivity contribution in [3.05, 3.63) is 23.9 Å². The molecule has 120 valence electrons. The molecule has 5 heteroatoms. The molecule has 0 saturated carbocycles.